The van der Waals surface area contributed by atoms with E-state index in [1.165, 1.54) is 32.2 Å². The van der Waals surface area contributed by atoms with Gasteiger partial charge in [-0.25, -0.2) is 14.2 Å². The van der Waals surface area contributed by atoms with Gasteiger partial charge >= 0.3 is 5.97 Å². The molecule has 0 aliphatic carbocycles. The highest BCUT2D eigenvalue weighted by atomic mass is 35.5. The number of carboxylic acid groups (broad SMARTS) is 1. The van der Waals surface area contributed by atoms with Gasteiger partial charge in [-0.2, -0.15) is 0 Å². The van der Waals surface area contributed by atoms with E-state index in [0.717, 1.165) is 11.3 Å². The number of nitrogens with one attached hydrogen (secondary N) is 1. The number of halogens is 3. The molecule has 2 N–H and O–H groups in total. The Hall–Kier alpha value is -2.82. The zero-order chi connectivity index (χ0) is 28.7. The first-order valence-corrected chi connectivity index (χ1v) is 13.7. The summed E-state index contributed by atoms with van der Waals surface area (Å²) in [6, 6.07) is 7.80. The molecule has 0 saturated heterocycles. The minimum Gasteiger partial charge on any atom is -0.478 e. The third-order valence-corrected chi connectivity index (χ3v) is 7.06. The number of aliphatic carboxylic acids is 1. The molecular weight excluding hydrogens is 566 g/mol. The van der Waals surface area contributed by atoms with Crippen molar-refractivity contribution in [1.29, 1.82) is 0 Å². The van der Waals surface area contributed by atoms with Crippen molar-refractivity contribution in [2.45, 2.75) is 33.3 Å². The van der Waals surface area contributed by atoms with Gasteiger partial charge < -0.3 is 14.6 Å². The lowest BCUT2D eigenvalue weighted by atomic mass is 10.0. The summed E-state index contributed by atoms with van der Waals surface area (Å²) in [7, 11) is 1.53. The van der Waals surface area contributed by atoms with E-state index in [-0.39, 0.29) is 31.9 Å². The molecule has 3 aromatic rings. The maximum atomic E-state index is 15.5. The summed E-state index contributed by atoms with van der Waals surface area (Å²) in [5.41, 5.74) is 1.54. The van der Waals surface area contributed by atoms with Crippen molar-refractivity contribution in [1.82, 2.24) is 4.98 Å². The average Bonchev–Trinajstić information content (AvgIpc) is 3.34. The third-order valence-electron chi connectivity index (χ3n) is 5.68. The fourth-order valence-electron chi connectivity index (χ4n) is 3.66. The lowest BCUT2D eigenvalue weighted by Crippen LogP contribution is -2.12. The maximum absolute atomic E-state index is 15.5. The van der Waals surface area contributed by atoms with Crippen LogP contribution in [0.5, 0.6) is 0 Å². The van der Waals surface area contributed by atoms with Gasteiger partial charge in [0.1, 0.15) is 5.82 Å². The Bertz CT molecular complexity index is 1350. The summed E-state index contributed by atoms with van der Waals surface area (Å²) in [4.78, 5) is 28.4. The van der Waals surface area contributed by atoms with Crippen LogP contribution in [-0.2, 0) is 14.3 Å². The van der Waals surface area contributed by atoms with Crippen molar-refractivity contribution >= 4 is 57.6 Å². The van der Waals surface area contributed by atoms with Crippen molar-refractivity contribution in [3.63, 3.8) is 0 Å². The SMILES string of the molecule is COC(CCOCC(C)C)c1cccc(-c2csc(NC(=O)c3cc(Cl)c(/C=C(\C)C(=O)O)c(Cl)c3)n2)c1F. The van der Waals surface area contributed by atoms with Crippen LogP contribution in [0.4, 0.5) is 9.52 Å². The van der Waals surface area contributed by atoms with Gasteiger partial charge in [-0.3, -0.25) is 10.1 Å². The van der Waals surface area contributed by atoms with E-state index < -0.39 is 23.8 Å². The van der Waals surface area contributed by atoms with Gasteiger partial charge in [-0.1, -0.05) is 49.2 Å². The van der Waals surface area contributed by atoms with E-state index in [1.807, 2.05) is 0 Å². The number of rotatable bonds is 12. The van der Waals surface area contributed by atoms with Gasteiger partial charge in [0.15, 0.2) is 5.13 Å². The molecule has 1 heterocycles. The van der Waals surface area contributed by atoms with Crippen LogP contribution in [0.15, 0.2) is 41.3 Å². The second-order valence-electron chi connectivity index (χ2n) is 9.17. The van der Waals surface area contributed by atoms with Crippen molar-refractivity contribution in [2.75, 3.05) is 25.6 Å². The Morgan fingerprint density at radius 3 is 2.54 bits per heavy atom. The quantitative estimate of drug-likeness (QED) is 0.164. The van der Waals surface area contributed by atoms with E-state index in [0.29, 0.717) is 42.4 Å². The largest absolute Gasteiger partial charge is 0.478 e. The van der Waals surface area contributed by atoms with Crippen LogP contribution >= 0.6 is 34.5 Å². The van der Waals surface area contributed by atoms with Gasteiger partial charge in [0.2, 0.25) is 0 Å². The highest BCUT2D eigenvalue weighted by Gasteiger charge is 2.21. The summed E-state index contributed by atoms with van der Waals surface area (Å²) in [5.74, 6) is -1.68. The molecule has 208 valence electrons. The minimum atomic E-state index is -1.11. The number of nitrogens with zero attached hydrogens (tertiary/aromatic N) is 1. The van der Waals surface area contributed by atoms with E-state index in [2.05, 4.69) is 24.1 Å². The van der Waals surface area contributed by atoms with Gasteiger partial charge in [0.05, 0.1) is 21.8 Å². The number of anilines is 1. The molecule has 2 aromatic carbocycles. The summed E-state index contributed by atoms with van der Waals surface area (Å²) in [6.07, 6.45) is 1.34. The smallest absolute Gasteiger partial charge is 0.331 e. The predicted octanol–water partition coefficient (Wildman–Crippen LogP) is 7.75. The zero-order valence-corrected chi connectivity index (χ0v) is 24.2. The second kappa shape index (κ2) is 14.0. The van der Waals surface area contributed by atoms with E-state index in [4.69, 9.17) is 37.8 Å². The van der Waals surface area contributed by atoms with Gasteiger partial charge in [0, 0.05) is 60.0 Å². The first-order valence-electron chi connectivity index (χ1n) is 12.1. The van der Waals surface area contributed by atoms with Gasteiger partial charge in [-0.05, 0) is 37.1 Å². The number of benzene rings is 2. The molecular formula is C28H29Cl2FN2O5S. The number of ether oxygens (including phenoxy) is 2. The highest BCUT2D eigenvalue weighted by molar-refractivity contribution is 7.14. The molecule has 1 aromatic heterocycles. The van der Waals surface area contributed by atoms with Crippen LogP contribution in [0.25, 0.3) is 17.3 Å². The van der Waals surface area contributed by atoms with Crippen LogP contribution < -0.4 is 5.32 Å². The van der Waals surface area contributed by atoms with Crippen LogP contribution in [0.2, 0.25) is 10.0 Å². The number of carbonyl (C=O) groups is 2. The molecule has 0 spiro atoms. The molecule has 0 saturated carbocycles. The number of methoxy groups -OCH3 is 1. The Labute approximate surface area is 240 Å². The molecule has 0 aliphatic rings. The van der Waals surface area contributed by atoms with Crippen LogP contribution in [0.1, 0.15) is 54.8 Å². The molecule has 3 rings (SSSR count). The standard InChI is InChI=1S/C28H29Cl2FN2O5S/c1-15(2)13-38-9-8-24(37-4)19-7-5-6-18(25(19)31)23-14-39-28(32-23)33-26(34)17-11-21(29)20(22(30)12-17)10-16(3)27(35)36/h5-7,10-12,14-15,24H,8-9,13H2,1-4H3,(H,35,36)(H,32,33,34)/b16-10+. The molecule has 0 fully saturated rings. The molecule has 39 heavy (non-hydrogen) atoms. The number of carboxylic acids is 1. The lowest BCUT2D eigenvalue weighted by molar-refractivity contribution is -0.132. The zero-order valence-electron chi connectivity index (χ0n) is 21.9. The number of hydrogen-bond donors (Lipinski definition) is 2. The molecule has 11 heteroatoms. The first kappa shape index (κ1) is 30.7. The minimum absolute atomic E-state index is 0.0406. The van der Waals surface area contributed by atoms with Crippen LogP contribution in [0.3, 0.4) is 0 Å². The fraction of sp³-hybridized carbons (Fsp3) is 0.321. The third kappa shape index (κ3) is 8.09. The Balaban J connectivity index is 1.76. The van der Waals surface area contributed by atoms with E-state index in [9.17, 15) is 9.59 Å². The molecule has 1 atom stereocenters. The molecule has 0 bridgehead atoms. The molecule has 1 amide bonds. The predicted molar refractivity (Wildman–Crippen MR) is 153 cm³/mol. The maximum Gasteiger partial charge on any atom is 0.331 e. The van der Waals surface area contributed by atoms with Crippen molar-refractivity contribution in [3.8, 4) is 11.3 Å². The van der Waals surface area contributed by atoms with Gasteiger partial charge in [0.25, 0.3) is 5.91 Å². The number of hydrogen-bond acceptors (Lipinski definition) is 6. The van der Waals surface area contributed by atoms with Gasteiger partial charge in [-0.15, -0.1) is 11.3 Å². The molecule has 7 nitrogen and oxygen atoms in total. The lowest BCUT2D eigenvalue weighted by Gasteiger charge is -2.18. The summed E-state index contributed by atoms with van der Waals surface area (Å²) in [6.45, 7) is 6.59. The topological polar surface area (TPSA) is 97.8 Å². The van der Waals surface area contributed by atoms with Crippen molar-refractivity contribution in [3.05, 3.63) is 73.8 Å². The summed E-state index contributed by atoms with van der Waals surface area (Å²) < 4.78 is 26.7. The number of carbonyl (C=O) groups excluding carboxylic acids is 1. The number of amides is 1. The van der Waals surface area contributed by atoms with Crippen LogP contribution in [-0.4, -0.2) is 42.3 Å². The first-order chi connectivity index (χ1) is 18.5. The Kier molecular flexibility index (Phi) is 11.0. The molecule has 0 radical (unpaired) electrons. The van der Waals surface area contributed by atoms with E-state index in [1.54, 1.807) is 23.6 Å². The summed E-state index contributed by atoms with van der Waals surface area (Å²) in [5, 5.41) is 13.9. The monoisotopic (exact) mass is 594 g/mol. The van der Waals surface area contributed by atoms with Crippen molar-refractivity contribution in [2.24, 2.45) is 5.92 Å². The number of thiazole rings is 1. The van der Waals surface area contributed by atoms with Crippen molar-refractivity contribution < 1.29 is 28.6 Å². The normalized spacial score (nSPS) is 12.6. The highest BCUT2D eigenvalue weighted by Crippen LogP contribution is 2.33. The summed E-state index contributed by atoms with van der Waals surface area (Å²) >= 11 is 13.7. The Morgan fingerprint density at radius 2 is 1.92 bits per heavy atom. The number of aromatic nitrogens is 1. The molecule has 1 unspecified atom stereocenters. The molecule has 0 aliphatic heterocycles. The van der Waals surface area contributed by atoms with Crippen LogP contribution in [0, 0.1) is 11.7 Å². The fourth-order valence-corrected chi connectivity index (χ4v) is 4.96. The Morgan fingerprint density at radius 1 is 1.23 bits per heavy atom. The average molecular weight is 596 g/mol. The second-order valence-corrected chi connectivity index (χ2v) is 10.8. The van der Waals surface area contributed by atoms with E-state index >= 15 is 4.39 Å².